The summed E-state index contributed by atoms with van der Waals surface area (Å²) in [6.07, 6.45) is 0. The molecule has 0 radical (unpaired) electrons. The Labute approximate surface area is 98.9 Å². The lowest BCUT2D eigenvalue weighted by molar-refractivity contribution is 0.347. The second-order valence-corrected chi connectivity index (χ2v) is 4.79. The molecule has 0 spiro atoms. The van der Waals surface area contributed by atoms with Crippen molar-refractivity contribution >= 4 is 12.6 Å². The normalized spacial score (nSPS) is 11.1. The Morgan fingerprint density at radius 3 is 2.13 bits per heavy atom. The molecule has 2 heteroatoms. The minimum Gasteiger partial charge on any atom is -0.301 e. The van der Waals surface area contributed by atoms with E-state index in [0.29, 0.717) is 0 Å². The smallest absolute Gasteiger partial charge is 0.0236 e. The fourth-order valence-electron chi connectivity index (χ4n) is 1.98. The zero-order chi connectivity index (χ0) is 11.4. The van der Waals surface area contributed by atoms with Crippen LogP contribution < -0.4 is 0 Å². The molecule has 1 rings (SSSR count). The summed E-state index contributed by atoms with van der Waals surface area (Å²) < 4.78 is 0. The topological polar surface area (TPSA) is 3.24 Å². The van der Waals surface area contributed by atoms with Crippen LogP contribution in [0.15, 0.2) is 12.1 Å². The SMILES string of the molecule is Cc1cc(C)c(CN(C)CCS)c(C)c1. The van der Waals surface area contributed by atoms with Crippen molar-refractivity contribution in [3.8, 4) is 0 Å². The summed E-state index contributed by atoms with van der Waals surface area (Å²) in [5.74, 6) is 0.917. The molecule has 0 aliphatic rings. The Bertz CT molecular complexity index is 310. The maximum absolute atomic E-state index is 4.25. The van der Waals surface area contributed by atoms with Gasteiger partial charge in [0, 0.05) is 18.8 Å². The maximum atomic E-state index is 4.25. The molecule has 0 heterocycles. The third kappa shape index (κ3) is 3.54. The van der Waals surface area contributed by atoms with Gasteiger partial charge in [0.25, 0.3) is 0 Å². The van der Waals surface area contributed by atoms with Gasteiger partial charge < -0.3 is 4.90 Å². The average molecular weight is 223 g/mol. The first-order valence-electron chi connectivity index (χ1n) is 5.40. The molecule has 0 aliphatic heterocycles. The minimum atomic E-state index is 0.917. The van der Waals surface area contributed by atoms with Gasteiger partial charge in [-0.1, -0.05) is 17.7 Å². The van der Waals surface area contributed by atoms with Crippen molar-refractivity contribution in [1.29, 1.82) is 0 Å². The Kier molecular flexibility index (Phi) is 4.68. The molecule has 0 amide bonds. The van der Waals surface area contributed by atoms with Crippen molar-refractivity contribution < 1.29 is 0 Å². The van der Waals surface area contributed by atoms with Gasteiger partial charge in [-0.05, 0) is 44.5 Å². The fraction of sp³-hybridized carbons (Fsp3) is 0.538. The van der Waals surface area contributed by atoms with Crippen LogP contribution in [0.2, 0.25) is 0 Å². The number of hydrogen-bond acceptors (Lipinski definition) is 2. The van der Waals surface area contributed by atoms with E-state index in [0.717, 1.165) is 18.8 Å². The third-order valence-electron chi connectivity index (χ3n) is 2.75. The summed E-state index contributed by atoms with van der Waals surface area (Å²) in [5.41, 5.74) is 5.62. The van der Waals surface area contributed by atoms with Crippen molar-refractivity contribution in [2.75, 3.05) is 19.3 Å². The number of rotatable bonds is 4. The van der Waals surface area contributed by atoms with E-state index >= 15 is 0 Å². The lowest BCUT2D eigenvalue weighted by Gasteiger charge is -2.19. The monoisotopic (exact) mass is 223 g/mol. The average Bonchev–Trinajstić information content (AvgIpc) is 2.11. The van der Waals surface area contributed by atoms with E-state index in [4.69, 9.17) is 0 Å². The molecule has 0 atom stereocenters. The third-order valence-corrected chi connectivity index (χ3v) is 2.95. The van der Waals surface area contributed by atoms with Crippen LogP contribution in [-0.4, -0.2) is 24.2 Å². The molecule has 0 saturated carbocycles. The number of hydrogen-bond donors (Lipinski definition) is 1. The van der Waals surface area contributed by atoms with Gasteiger partial charge in [0.05, 0.1) is 0 Å². The largest absolute Gasteiger partial charge is 0.301 e. The van der Waals surface area contributed by atoms with Crippen molar-refractivity contribution in [3.05, 3.63) is 34.4 Å². The second kappa shape index (κ2) is 5.57. The Balaban J connectivity index is 2.85. The predicted molar refractivity (Wildman–Crippen MR) is 70.8 cm³/mol. The molecule has 0 fully saturated rings. The lowest BCUT2D eigenvalue weighted by atomic mass is 9.99. The summed E-state index contributed by atoms with van der Waals surface area (Å²) in [6, 6.07) is 4.52. The first kappa shape index (κ1) is 12.6. The molecular formula is C13H21NS. The first-order valence-corrected chi connectivity index (χ1v) is 6.04. The van der Waals surface area contributed by atoms with Gasteiger partial charge in [0.15, 0.2) is 0 Å². The Morgan fingerprint density at radius 2 is 1.67 bits per heavy atom. The van der Waals surface area contributed by atoms with Gasteiger partial charge in [0.2, 0.25) is 0 Å². The summed E-state index contributed by atoms with van der Waals surface area (Å²) in [6.45, 7) is 8.61. The number of benzene rings is 1. The first-order chi connectivity index (χ1) is 7.04. The predicted octanol–water partition coefficient (Wildman–Crippen LogP) is 2.97. The van der Waals surface area contributed by atoms with Crippen LogP contribution in [-0.2, 0) is 6.54 Å². The van der Waals surface area contributed by atoms with Gasteiger partial charge >= 0.3 is 0 Å². The zero-order valence-corrected chi connectivity index (χ0v) is 11.1. The highest BCUT2D eigenvalue weighted by Gasteiger charge is 2.06. The number of nitrogens with zero attached hydrogens (tertiary/aromatic N) is 1. The molecule has 0 aromatic heterocycles. The van der Waals surface area contributed by atoms with Crippen molar-refractivity contribution in [2.24, 2.45) is 0 Å². The molecule has 15 heavy (non-hydrogen) atoms. The summed E-state index contributed by atoms with van der Waals surface area (Å²) in [5, 5.41) is 0. The molecular weight excluding hydrogens is 202 g/mol. The maximum Gasteiger partial charge on any atom is 0.0236 e. The van der Waals surface area contributed by atoms with Crippen LogP contribution in [0, 0.1) is 20.8 Å². The van der Waals surface area contributed by atoms with Crippen LogP contribution in [0.25, 0.3) is 0 Å². The van der Waals surface area contributed by atoms with Gasteiger partial charge in [-0.2, -0.15) is 12.6 Å². The molecule has 84 valence electrons. The van der Waals surface area contributed by atoms with E-state index in [1.807, 2.05) is 0 Å². The Morgan fingerprint density at radius 1 is 1.13 bits per heavy atom. The summed E-state index contributed by atoms with van der Waals surface area (Å²) in [4.78, 5) is 2.32. The van der Waals surface area contributed by atoms with Crippen LogP contribution in [0.3, 0.4) is 0 Å². The highest BCUT2D eigenvalue weighted by molar-refractivity contribution is 7.80. The van der Waals surface area contributed by atoms with Crippen LogP contribution in [0.4, 0.5) is 0 Å². The second-order valence-electron chi connectivity index (χ2n) is 4.34. The summed E-state index contributed by atoms with van der Waals surface area (Å²) >= 11 is 4.25. The standard InChI is InChI=1S/C13H21NS/c1-10-7-11(2)13(12(3)8-10)9-14(4)5-6-15/h7-8,15H,5-6,9H2,1-4H3. The van der Waals surface area contributed by atoms with E-state index in [-0.39, 0.29) is 0 Å². The molecule has 1 aromatic carbocycles. The van der Waals surface area contributed by atoms with Crippen LogP contribution in [0.5, 0.6) is 0 Å². The van der Waals surface area contributed by atoms with Crippen molar-refractivity contribution in [3.63, 3.8) is 0 Å². The highest BCUT2D eigenvalue weighted by atomic mass is 32.1. The Hall–Kier alpha value is -0.470. The van der Waals surface area contributed by atoms with Gasteiger partial charge in [-0.25, -0.2) is 0 Å². The molecule has 1 aromatic rings. The number of thiol groups is 1. The van der Waals surface area contributed by atoms with Crippen molar-refractivity contribution in [2.45, 2.75) is 27.3 Å². The highest BCUT2D eigenvalue weighted by Crippen LogP contribution is 2.17. The molecule has 1 nitrogen and oxygen atoms in total. The minimum absolute atomic E-state index is 0.917. The van der Waals surface area contributed by atoms with Crippen LogP contribution in [0.1, 0.15) is 22.3 Å². The van der Waals surface area contributed by atoms with Crippen LogP contribution >= 0.6 is 12.6 Å². The molecule has 0 bridgehead atoms. The van der Waals surface area contributed by atoms with E-state index < -0.39 is 0 Å². The van der Waals surface area contributed by atoms with Gasteiger partial charge in [0.1, 0.15) is 0 Å². The molecule has 0 unspecified atom stereocenters. The van der Waals surface area contributed by atoms with E-state index in [9.17, 15) is 0 Å². The zero-order valence-electron chi connectivity index (χ0n) is 10.2. The fourth-order valence-corrected chi connectivity index (χ4v) is 2.32. The van der Waals surface area contributed by atoms with E-state index in [2.05, 4.69) is 57.5 Å². The number of aryl methyl sites for hydroxylation is 3. The molecule has 0 aliphatic carbocycles. The quantitative estimate of drug-likeness (QED) is 0.768. The summed E-state index contributed by atoms with van der Waals surface area (Å²) in [7, 11) is 2.15. The molecule has 0 saturated heterocycles. The van der Waals surface area contributed by atoms with E-state index in [1.54, 1.807) is 0 Å². The van der Waals surface area contributed by atoms with E-state index in [1.165, 1.54) is 22.3 Å². The lowest BCUT2D eigenvalue weighted by Crippen LogP contribution is -2.21. The molecule has 0 N–H and O–H groups in total. The van der Waals surface area contributed by atoms with Crippen molar-refractivity contribution in [1.82, 2.24) is 4.90 Å². The van der Waals surface area contributed by atoms with Gasteiger partial charge in [-0.15, -0.1) is 0 Å². The van der Waals surface area contributed by atoms with Gasteiger partial charge in [-0.3, -0.25) is 0 Å².